The Balaban J connectivity index is 2.51. The van der Waals surface area contributed by atoms with Crippen molar-refractivity contribution in [2.75, 3.05) is 5.32 Å². The van der Waals surface area contributed by atoms with Gasteiger partial charge in [-0.25, -0.2) is 4.79 Å². The van der Waals surface area contributed by atoms with Crippen molar-refractivity contribution in [2.45, 2.75) is 149 Å². The SMILES string of the molecule is C=C[C@]1(C)[C@@H](O[Si](C)(C)C(C)(C)C)C[C@@H]2[C@@H](O[Si](C)(C)C(C)(C)C)[C@@]1(C#N)c1cccc(NC(=O)OC(C)(C)C)c1C(=O)C2(C)C. The molecule has 0 unspecified atom stereocenters. The highest BCUT2D eigenvalue weighted by molar-refractivity contribution is 6.74. The number of nitrogens with zero attached hydrogens (tertiary/aromatic N) is 1. The average molecular weight is 669 g/mol. The van der Waals surface area contributed by atoms with Crippen LogP contribution in [0.5, 0.6) is 0 Å². The van der Waals surface area contributed by atoms with Gasteiger partial charge in [0.2, 0.25) is 0 Å². The number of Topliss-reactive ketones (excluding diaryl/α,β-unsaturated/α-hetero) is 1. The third-order valence-corrected chi connectivity index (χ3v) is 20.7. The highest BCUT2D eigenvalue weighted by Gasteiger charge is 2.70. The molecule has 2 aliphatic rings. The molecule has 0 spiro atoms. The van der Waals surface area contributed by atoms with Gasteiger partial charge in [-0.05, 0) is 75.1 Å². The molecule has 7 nitrogen and oxygen atoms in total. The summed E-state index contributed by atoms with van der Waals surface area (Å²) >= 11 is 0. The van der Waals surface area contributed by atoms with Gasteiger partial charge >= 0.3 is 6.09 Å². The van der Waals surface area contributed by atoms with Crippen LogP contribution in [-0.4, -0.2) is 46.3 Å². The van der Waals surface area contributed by atoms with Crippen molar-refractivity contribution in [1.82, 2.24) is 0 Å². The molecule has 1 fully saturated rings. The van der Waals surface area contributed by atoms with E-state index in [1.165, 1.54) is 0 Å². The van der Waals surface area contributed by atoms with E-state index in [9.17, 15) is 10.1 Å². The fourth-order valence-corrected chi connectivity index (χ4v) is 9.35. The maximum atomic E-state index is 15.0. The van der Waals surface area contributed by atoms with Gasteiger partial charge in [-0.15, -0.1) is 6.58 Å². The summed E-state index contributed by atoms with van der Waals surface area (Å²) in [5, 5.41) is 14.4. The van der Waals surface area contributed by atoms with Gasteiger partial charge in [0.05, 0.1) is 24.0 Å². The number of benzene rings is 1. The molecule has 0 aliphatic heterocycles. The molecule has 9 heteroatoms. The monoisotopic (exact) mass is 668 g/mol. The predicted octanol–water partition coefficient (Wildman–Crippen LogP) is 10.0. The van der Waals surface area contributed by atoms with Crippen LogP contribution in [0.2, 0.25) is 36.3 Å². The fourth-order valence-electron chi connectivity index (χ4n) is 6.62. The van der Waals surface area contributed by atoms with Crippen LogP contribution in [0.1, 0.15) is 105 Å². The summed E-state index contributed by atoms with van der Waals surface area (Å²) in [5.41, 5.74) is -2.84. The normalized spacial score (nSPS) is 28.4. The molecular weight excluding hydrogens is 609 g/mol. The quantitative estimate of drug-likeness (QED) is 0.239. The summed E-state index contributed by atoms with van der Waals surface area (Å²) in [5.74, 6) is -0.502. The lowest BCUT2D eigenvalue weighted by Crippen LogP contribution is -2.68. The molecule has 1 aromatic rings. The molecule has 0 heterocycles. The number of hydrogen-bond donors (Lipinski definition) is 1. The topological polar surface area (TPSA) is 97.7 Å². The molecule has 46 heavy (non-hydrogen) atoms. The number of ether oxygens (including phenoxy) is 1. The summed E-state index contributed by atoms with van der Waals surface area (Å²) in [7, 11) is -4.87. The van der Waals surface area contributed by atoms with E-state index in [0.717, 1.165) is 0 Å². The summed E-state index contributed by atoms with van der Waals surface area (Å²) < 4.78 is 20.3. The number of carbonyl (C=O) groups is 2. The molecule has 2 aliphatic carbocycles. The van der Waals surface area contributed by atoms with Crippen LogP contribution in [0, 0.1) is 28.1 Å². The Morgan fingerprint density at radius 3 is 1.96 bits per heavy atom. The molecule has 1 amide bonds. The lowest BCUT2D eigenvalue weighted by molar-refractivity contribution is -0.114. The lowest BCUT2D eigenvalue weighted by Gasteiger charge is -2.61. The van der Waals surface area contributed by atoms with E-state index in [1.54, 1.807) is 32.9 Å². The third kappa shape index (κ3) is 6.20. The summed E-state index contributed by atoms with van der Waals surface area (Å²) in [4.78, 5) is 28.1. The first-order valence-corrected chi connectivity index (χ1v) is 22.4. The number of nitriles is 1. The molecule has 1 N–H and O–H groups in total. The van der Waals surface area contributed by atoms with Crippen LogP contribution in [0.15, 0.2) is 30.9 Å². The van der Waals surface area contributed by atoms with Gasteiger partial charge in [-0.3, -0.25) is 10.1 Å². The first-order chi connectivity index (χ1) is 20.5. The Labute approximate surface area is 281 Å². The Bertz CT molecular complexity index is 1420. The second kappa shape index (κ2) is 11.7. The van der Waals surface area contributed by atoms with Gasteiger partial charge in [0, 0.05) is 22.3 Å². The Morgan fingerprint density at radius 1 is 0.978 bits per heavy atom. The summed E-state index contributed by atoms with van der Waals surface area (Å²) in [6.07, 6.45) is 0.684. The molecule has 3 rings (SSSR count). The van der Waals surface area contributed by atoms with E-state index in [-0.39, 0.29) is 21.8 Å². The van der Waals surface area contributed by atoms with Gasteiger partial charge in [0.15, 0.2) is 22.4 Å². The van der Waals surface area contributed by atoms with E-state index in [4.69, 9.17) is 13.6 Å². The van der Waals surface area contributed by atoms with Crippen LogP contribution in [0.25, 0.3) is 0 Å². The second-order valence-electron chi connectivity index (χ2n) is 18.3. The van der Waals surface area contributed by atoms with Gasteiger partial charge in [-0.2, -0.15) is 5.26 Å². The molecule has 0 aromatic heterocycles. The van der Waals surface area contributed by atoms with Gasteiger partial charge in [-0.1, -0.05) is 80.5 Å². The predicted molar refractivity (Wildman–Crippen MR) is 192 cm³/mol. The minimum Gasteiger partial charge on any atom is -0.444 e. The van der Waals surface area contributed by atoms with Crippen molar-refractivity contribution in [3.05, 3.63) is 42.0 Å². The highest BCUT2D eigenvalue weighted by atomic mass is 28.4. The molecule has 0 radical (unpaired) electrons. The maximum Gasteiger partial charge on any atom is 0.412 e. The number of nitrogens with one attached hydrogen (secondary N) is 1. The molecule has 2 bridgehead atoms. The first kappa shape index (κ1) is 38.2. The van der Waals surface area contributed by atoms with Crippen molar-refractivity contribution in [2.24, 2.45) is 16.7 Å². The van der Waals surface area contributed by atoms with Crippen molar-refractivity contribution < 1.29 is 23.2 Å². The number of amides is 1. The smallest absolute Gasteiger partial charge is 0.412 e. The van der Waals surface area contributed by atoms with Crippen molar-refractivity contribution in [3.8, 4) is 6.07 Å². The largest absolute Gasteiger partial charge is 0.444 e. The molecule has 0 saturated heterocycles. The molecule has 1 aromatic carbocycles. The highest BCUT2D eigenvalue weighted by Crippen LogP contribution is 2.64. The summed E-state index contributed by atoms with van der Waals surface area (Å²) in [6, 6.07) is 8.20. The zero-order chi connectivity index (χ0) is 35.7. The molecule has 5 atom stereocenters. The van der Waals surface area contributed by atoms with Crippen LogP contribution in [0.4, 0.5) is 10.5 Å². The van der Waals surface area contributed by atoms with Crippen LogP contribution < -0.4 is 5.32 Å². The Kier molecular flexibility index (Phi) is 9.73. The number of hydrogen-bond acceptors (Lipinski definition) is 6. The standard InChI is InChI=1S/C37H60N2O5Si2/c1-18-36(13)27(43-45(14,15)33(5,6)7)22-25-30(44-46(16,17)34(8,9)10)37(36,23-38)24-20-19-21-26(28(24)29(40)35(25,11)12)39-31(41)42-32(2,3)4/h18-21,25,27,30H,1,22H2,2-17H3,(H,39,41)/t25-,27+,30-,36-,37-/m1/s1. The van der Waals surface area contributed by atoms with Crippen molar-refractivity contribution in [3.63, 3.8) is 0 Å². The minimum atomic E-state index is -2.51. The van der Waals surface area contributed by atoms with Crippen LogP contribution in [0.3, 0.4) is 0 Å². The maximum absolute atomic E-state index is 15.0. The number of rotatable bonds is 6. The first-order valence-electron chi connectivity index (χ1n) is 16.6. The molecule has 1 saturated carbocycles. The zero-order valence-corrected chi connectivity index (χ0v) is 33.4. The van der Waals surface area contributed by atoms with E-state index in [1.807, 2.05) is 26.0 Å². The number of anilines is 1. The Morgan fingerprint density at radius 2 is 1.50 bits per heavy atom. The Hall–Kier alpha value is -2.26. The van der Waals surface area contributed by atoms with E-state index in [0.29, 0.717) is 23.2 Å². The van der Waals surface area contributed by atoms with Crippen LogP contribution >= 0.6 is 0 Å². The minimum absolute atomic E-state index is 0.0811. The molecule has 256 valence electrons. The second-order valence-corrected chi connectivity index (χ2v) is 27.8. The lowest BCUT2D eigenvalue weighted by atomic mass is 9.48. The summed E-state index contributed by atoms with van der Waals surface area (Å²) in [6.45, 7) is 37.8. The number of fused-ring (bicyclic) bond motifs is 4. The van der Waals surface area contributed by atoms with E-state index < -0.39 is 56.8 Å². The van der Waals surface area contributed by atoms with E-state index >= 15 is 4.79 Å². The van der Waals surface area contributed by atoms with Gasteiger partial charge in [0.1, 0.15) is 11.0 Å². The number of ketones is 1. The van der Waals surface area contributed by atoms with Crippen molar-refractivity contribution in [1.29, 1.82) is 5.26 Å². The third-order valence-electron chi connectivity index (χ3n) is 11.7. The zero-order valence-electron chi connectivity index (χ0n) is 31.4. The fraction of sp³-hybridized carbons (Fsp3) is 0.703. The van der Waals surface area contributed by atoms with Crippen molar-refractivity contribution >= 4 is 34.2 Å². The number of carbonyl (C=O) groups excluding carboxylic acids is 2. The molecular formula is C37H60N2O5Si2. The van der Waals surface area contributed by atoms with E-state index in [2.05, 4.69) is 92.6 Å². The van der Waals surface area contributed by atoms with Gasteiger partial charge in [0.25, 0.3) is 0 Å². The van der Waals surface area contributed by atoms with Gasteiger partial charge < -0.3 is 13.6 Å². The average Bonchev–Trinajstić information content (AvgIpc) is 2.91. The van der Waals surface area contributed by atoms with Crippen LogP contribution in [-0.2, 0) is 19.0 Å².